The molecular weight excluding hydrogens is 144 g/mol. The summed E-state index contributed by atoms with van der Waals surface area (Å²) in [7, 11) is 0. The van der Waals surface area contributed by atoms with Crippen molar-refractivity contribution in [1.82, 2.24) is 0 Å². The maximum absolute atomic E-state index is 3.66. The topological polar surface area (TPSA) is 0 Å². The largest absolute Gasteiger partial charge is 0.0991 e. The van der Waals surface area contributed by atoms with Gasteiger partial charge in [0, 0.05) is 0 Å². The van der Waals surface area contributed by atoms with Crippen LogP contribution in [-0.2, 0) is 0 Å². The molecule has 0 aliphatic heterocycles. The molecule has 0 N–H and O–H groups in total. The van der Waals surface area contributed by atoms with E-state index in [1.807, 2.05) is 32.9 Å². The Hall–Kier alpha value is -0.780. The van der Waals surface area contributed by atoms with E-state index in [1.54, 1.807) is 6.08 Å². The van der Waals surface area contributed by atoms with Crippen LogP contribution in [0, 0.1) is 0 Å². The smallest absolute Gasteiger partial charge is 0.0404 e. The predicted octanol–water partition coefficient (Wildman–Crippen LogP) is 4.75. The molecule has 0 unspecified atom stereocenters. The third-order valence-electron chi connectivity index (χ3n) is 0.517. The zero-order valence-corrected chi connectivity index (χ0v) is 9.35. The van der Waals surface area contributed by atoms with E-state index in [0.717, 1.165) is 5.57 Å². The minimum absolute atomic E-state index is 1.06. The summed E-state index contributed by atoms with van der Waals surface area (Å²) >= 11 is 0. The van der Waals surface area contributed by atoms with Crippen LogP contribution in [0.4, 0.5) is 0 Å². The van der Waals surface area contributed by atoms with E-state index in [4.69, 9.17) is 0 Å². The molecule has 0 bridgehead atoms. The first-order valence-electron chi connectivity index (χ1n) is 4.63. The molecule has 0 fully saturated rings. The van der Waals surface area contributed by atoms with Crippen molar-refractivity contribution in [2.24, 2.45) is 0 Å². The monoisotopic (exact) mass is 168 g/mol. The second-order valence-electron chi connectivity index (χ2n) is 2.15. The van der Waals surface area contributed by atoms with Crippen molar-refractivity contribution >= 4 is 0 Å². The Morgan fingerprint density at radius 1 is 1.25 bits per heavy atom. The van der Waals surface area contributed by atoms with Crippen molar-refractivity contribution in [3.05, 3.63) is 37.0 Å². The van der Waals surface area contributed by atoms with Gasteiger partial charge in [0.05, 0.1) is 0 Å². The fraction of sp³-hybridized carbons (Fsp3) is 0.500. The third kappa shape index (κ3) is 60.1. The molecule has 72 valence electrons. The van der Waals surface area contributed by atoms with Gasteiger partial charge in [-0.05, 0) is 6.92 Å². The molecule has 0 rings (SSSR count). The molecule has 0 atom stereocenters. The highest BCUT2D eigenvalue weighted by Gasteiger charge is 1.65. The number of hydrogen-bond donors (Lipinski definition) is 0. The Bertz CT molecular complexity index is 107. The summed E-state index contributed by atoms with van der Waals surface area (Å²) in [6.45, 7) is 17.4. The summed E-state index contributed by atoms with van der Waals surface area (Å²) in [5.74, 6) is 0. The highest BCUT2D eigenvalue weighted by atomic mass is 13.7. The first kappa shape index (κ1) is 17.3. The van der Waals surface area contributed by atoms with Crippen molar-refractivity contribution in [1.29, 1.82) is 0 Å². The van der Waals surface area contributed by atoms with Gasteiger partial charge in [0.1, 0.15) is 0 Å². The van der Waals surface area contributed by atoms with Crippen molar-refractivity contribution in [2.45, 2.75) is 41.0 Å². The van der Waals surface area contributed by atoms with E-state index in [0.29, 0.717) is 0 Å². The van der Waals surface area contributed by atoms with Crippen LogP contribution in [0.15, 0.2) is 37.0 Å². The minimum atomic E-state index is 1.06. The van der Waals surface area contributed by atoms with Crippen LogP contribution in [0.3, 0.4) is 0 Å². The molecular formula is C12H24. The van der Waals surface area contributed by atoms with E-state index in [1.165, 1.54) is 6.42 Å². The summed E-state index contributed by atoms with van der Waals surface area (Å²) in [6, 6.07) is 0. The first-order chi connectivity index (χ1) is 5.68. The van der Waals surface area contributed by atoms with E-state index in [-0.39, 0.29) is 0 Å². The second-order valence-corrected chi connectivity index (χ2v) is 2.15. The van der Waals surface area contributed by atoms with Gasteiger partial charge in [-0.15, -0.1) is 0 Å². The lowest BCUT2D eigenvalue weighted by Gasteiger charge is -1.77. The van der Waals surface area contributed by atoms with Gasteiger partial charge in [-0.1, -0.05) is 71.1 Å². The molecule has 0 amide bonds. The van der Waals surface area contributed by atoms with Crippen LogP contribution in [-0.4, -0.2) is 0 Å². The van der Waals surface area contributed by atoms with Crippen LogP contribution in [0.2, 0.25) is 0 Å². The molecule has 0 nitrogen and oxygen atoms in total. The number of hydrogen-bond acceptors (Lipinski definition) is 0. The Balaban J connectivity index is -0.000000137. The SMILES string of the molecule is C=C/C=C\C(=C)C.CC.CCC. The van der Waals surface area contributed by atoms with Gasteiger partial charge in [0.25, 0.3) is 0 Å². The zero-order chi connectivity index (χ0) is 10.4. The molecule has 0 spiro atoms. The van der Waals surface area contributed by atoms with Gasteiger partial charge in [0.2, 0.25) is 0 Å². The summed E-state index contributed by atoms with van der Waals surface area (Å²) in [6.07, 6.45) is 6.75. The average molecular weight is 168 g/mol. The highest BCUT2D eigenvalue weighted by Crippen LogP contribution is 1.86. The van der Waals surface area contributed by atoms with E-state index in [9.17, 15) is 0 Å². The van der Waals surface area contributed by atoms with Gasteiger partial charge in [-0.3, -0.25) is 0 Å². The lowest BCUT2D eigenvalue weighted by molar-refractivity contribution is 1.09. The number of rotatable bonds is 2. The quantitative estimate of drug-likeness (QED) is 0.522. The van der Waals surface area contributed by atoms with Gasteiger partial charge in [-0.2, -0.15) is 0 Å². The Morgan fingerprint density at radius 3 is 1.67 bits per heavy atom. The van der Waals surface area contributed by atoms with Crippen LogP contribution in [0.1, 0.15) is 41.0 Å². The highest BCUT2D eigenvalue weighted by molar-refractivity contribution is 5.15. The van der Waals surface area contributed by atoms with Crippen molar-refractivity contribution in [3.8, 4) is 0 Å². The lowest BCUT2D eigenvalue weighted by atomic mass is 10.3. The summed E-state index contributed by atoms with van der Waals surface area (Å²) in [5, 5.41) is 0. The van der Waals surface area contributed by atoms with Crippen molar-refractivity contribution < 1.29 is 0 Å². The minimum Gasteiger partial charge on any atom is -0.0991 e. The molecule has 0 heteroatoms. The normalized spacial score (nSPS) is 7.42. The maximum Gasteiger partial charge on any atom is -0.0404 e. The molecule has 0 saturated heterocycles. The van der Waals surface area contributed by atoms with Crippen LogP contribution < -0.4 is 0 Å². The molecule has 0 aromatic heterocycles. The summed E-state index contributed by atoms with van der Waals surface area (Å²) in [5.41, 5.74) is 1.06. The molecule has 0 aliphatic rings. The van der Waals surface area contributed by atoms with Gasteiger partial charge < -0.3 is 0 Å². The molecule has 0 aromatic rings. The second kappa shape index (κ2) is 22.5. The van der Waals surface area contributed by atoms with Crippen molar-refractivity contribution in [3.63, 3.8) is 0 Å². The lowest BCUT2D eigenvalue weighted by Crippen LogP contribution is -1.55. The first-order valence-corrected chi connectivity index (χ1v) is 4.63. The molecule has 0 radical (unpaired) electrons. The average Bonchev–Trinajstić information content (AvgIpc) is 2.06. The Labute approximate surface area is 78.7 Å². The summed E-state index contributed by atoms with van der Waals surface area (Å²) in [4.78, 5) is 0. The number of allylic oxidation sites excluding steroid dienone is 4. The Kier molecular flexibility index (Phi) is 32.5. The maximum atomic E-state index is 3.66. The van der Waals surface area contributed by atoms with Crippen LogP contribution in [0.5, 0.6) is 0 Å². The third-order valence-corrected chi connectivity index (χ3v) is 0.517. The van der Waals surface area contributed by atoms with E-state index < -0.39 is 0 Å². The molecule has 0 heterocycles. The molecule has 0 aliphatic carbocycles. The van der Waals surface area contributed by atoms with Gasteiger partial charge in [-0.25, -0.2) is 0 Å². The Morgan fingerprint density at radius 2 is 1.58 bits per heavy atom. The van der Waals surface area contributed by atoms with E-state index >= 15 is 0 Å². The van der Waals surface area contributed by atoms with Gasteiger partial charge >= 0.3 is 0 Å². The zero-order valence-electron chi connectivity index (χ0n) is 9.35. The van der Waals surface area contributed by atoms with E-state index in [2.05, 4.69) is 27.0 Å². The van der Waals surface area contributed by atoms with Crippen molar-refractivity contribution in [2.75, 3.05) is 0 Å². The predicted molar refractivity (Wildman–Crippen MR) is 61.5 cm³/mol. The van der Waals surface area contributed by atoms with Gasteiger partial charge in [0.15, 0.2) is 0 Å². The van der Waals surface area contributed by atoms with Crippen LogP contribution in [0.25, 0.3) is 0 Å². The molecule has 0 saturated carbocycles. The molecule has 12 heavy (non-hydrogen) atoms. The standard InChI is InChI=1S/C7H10.C3H8.C2H6/c1-4-5-6-7(2)3;1-3-2;1-2/h4-6H,1-2H2,3H3;3H2,1-2H3;1-2H3/b6-5-;;. The fourth-order valence-electron chi connectivity index (χ4n) is 0.232. The fourth-order valence-corrected chi connectivity index (χ4v) is 0.232. The van der Waals surface area contributed by atoms with Crippen LogP contribution >= 0.6 is 0 Å². The summed E-state index contributed by atoms with van der Waals surface area (Å²) < 4.78 is 0. The molecule has 0 aromatic carbocycles.